The Morgan fingerprint density at radius 2 is 1.95 bits per heavy atom. The van der Waals surface area contributed by atoms with Crippen LogP contribution in [0, 0.1) is 0 Å². The van der Waals surface area contributed by atoms with Crippen LogP contribution in [-0.4, -0.2) is 16.1 Å². The molecule has 6 heteroatoms. The van der Waals surface area contributed by atoms with Crippen molar-refractivity contribution in [2.24, 2.45) is 0 Å². The molecule has 1 unspecified atom stereocenters. The Morgan fingerprint density at radius 1 is 1.30 bits per heavy atom. The number of nitrogens with zero attached hydrogens (tertiary/aromatic N) is 1. The lowest BCUT2D eigenvalue weighted by Crippen LogP contribution is -2.16. The molecule has 1 aromatic heterocycles. The zero-order chi connectivity index (χ0) is 14.7. The predicted molar refractivity (Wildman–Crippen MR) is 82.5 cm³/mol. The summed E-state index contributed by atoms with van der Waals surface area (Å²) in [7, 11) is 0. The quantitative estimate of drug-likeness (QED) is 0.853. The Balaban J connectivity index is 2.31. The fourth-order valence-corrected chi connectivity index (χ4v) is 2.73. The average Bonchev–Trinajstić information content (AvgIpc) is 2.39. The van der Waals surface area contributed by atoms with Gasteiger partial charge in [-0.05, 0) is 46.1 Å². The smallest absolute Gasteiger partial charge is 0.312 e. The summed E-state index contributed by atoms with van der Waals surface area (Å²) in [5.74, 6) is -1.76. The molecule has 0 aliphatic heterocycles. The number of pyridine rings is 1. The van der Waals surface area contributed by atoms with Crippen LogP contribution in [-0.2, 0) is 11.2 Å². The largest absolute Gasteiger partial charge is 0.481 e. The van der Waals surface area contributed by atoms with E-state index in [2.05, 4.69) is 20.9 Å². The predicted octanol–water partition coefficient (Wildman–Crippen LogP) is 4.56. The number of halogens is 3. The minimum absolute atomic E-state index is 0.306. The van der Waals surface area contributed by atoms with E-state index in [1.807, 2.05) is 0 Å². The van der Waals surface area contributed by atoms with Crippen molar-refractivity contribution in [3.05, 3.63) is 62.3 Å². The van der Waals surface area contributed by atoms with Crippen molar-refractivity contribution in [1.29, 1.82) is 0 Å². The van der Waals surface area contributed by atoms with Crippen LogP contribution in [0.25, 0.3) is 0 Å². The molecule has 0 spiro atoms. The SMILES string of the molecule is O=C(O)C(Cc1ccc(Cl)cc1)c1ncc(Br)cc1Cl. The van der Waals surface area contributed by atoms with E-state index in [1.54, 1.807) is 36.5 Å². The molecule has 104 valence electrons. The minimum Gasteiger partial charge on any atom is -0.481 e. The van der Waals surface area contributed by atoms with Crippen LogP contribution in [0.2, 0.25) is 10.0 Å². The van der Waals surface area contributed by atoms with Gasteiger partial charge in [0.1, 0.15) is 5.92 Å². The molecule has 3 nitrogen and oxygen atoms in total. The second-order valence-electron chi connectivity index (χ2n) is 4.24. The zero-order valence-electron chi connectivity index (χ0n) is 10.2. The number of carbonyl (C=O) groups is 1. The maximum absolute atomic E-state index is 11.5. The van der Waals surface area contributed by atoms with Gasteiger partial charge in [0.25, 0.3) is 0 Å². The fraction of sp³-hybridized carbons (Fsp3) is 0.143. The van der Waals surface area contributed by atoms with E-state index in [9.17, 15) is 9.90 Å². The number of hydrogen-bond donors (Lipinski definition) is 1. The first-order valence-electron chi connectivity index (χ1n) is 5.75. The van der Waals surface area contributed by atoms with E-state index in [1.165, 1.54) is 0 Å². The Morgan fingerprint density at radius 3 is 2.50 bits per heavy atom. The van der Waals surface area contributed by atoms with Crippen molar-refractivity contribution in [3.8, 4) is 0 Å². The summed E-state index contributed by atoms with van der Waals surface area (Å²) >= 11 is 15.1. The molecule has 1 heterocycles. The lowest BCUT2D eigenvalue weighted by Gasteiger charge is -2.13. The molecular weight excluding hydrogens is 365 g/mol. The van der Waals surface area contributed by atoms with Crippen molar-refractivity contribution < 1.29 is 9.90 Å². The third-order valence-electron chi connectivity index (χ3n) is 2.82. The van der Waals surface area contributed by atoms with Crippen molar-refractivity contribution in [2.45, 2.75) is 12.3 Å². The van der Waals surface area contributed by atoms with Crippen molar-refractivity contribution in [2.75, 3.05) is 0 Å². The van der Waals surface area contributed by atoms with E-state index in [-0.39, 0.29) is 0 Å². The van der Waals surface area contributed by atoms with Crippen LogP contribution in [0.5, 0.6) is 0 Å². The molecule has 0 amide bonds. The molecule has 20 heavy (non-hydrogen) atoms. The van der Waals surface area contributed by atoms with E-state index >= 15 is 0 Å². The Bertz CT molecular complexity index is 632. The van der Waals surface area contributed by atoms with Gasteiger partial charge in [-0.1, -0.05) is 35.3 Å². The molecule has 0 saturated heterocycles. The van der Waals surface area contributed by atoms with Gasteiger partial charge >= 0.3 is 5.97 Å². The highest BCUT2D eigenvalue weighted by molar-refractivity contribution is 9.10. The number of carboxylic acids is 1. The summed E-state index contributed by atoms with van der Waals surface area (Å²) in [6.45, 7) is 0. The van der Waals surface area contributed by atoms with Gasteiger partial charge in [-0.3, -0.25) is 9.78 Å². The molecule has 1 N–H and O–H groups in total. The number of carboxylic acid groups (broad SMARTS) is 1. The van der Waals surface area contributed by atoms with Gasteiger partial charge in [0.05, 0.1) is 10.7 Å². The molecule has 0 aliphatic rings. The van der Waals surface area contributed by atoms with Crippen molar-refractivity contribution in [3.63, 3.8) is 0 Å². The molecule has 0 aliphatic carbocycles. The van der Waals surface area contributed by atoms with E-state index in [4.69, 9.17) is 23.2 Å². The third kappa shape index (κ3) is 3.72. The maximum atomic E-state index is 11.5. The fourth-order valence-electron chi connectivity index (χ4n) is 1.84. The Labute approximate surface area is 134 Å². The molecule has 2 aromatic rings. The van der Waals surface area contributed by atoms with Gasteiger partial charge in [-0.25, -0.2) is 0 Å². The second-order valence-corrected chi connectivity index (χ2v) is 6.00. The summed E-state index contributed by atoms with van der Waals surface area (Å²) in [4.78, 5) is 15.6. The molecule has 1 aromatic carbocycles. The van der Waals surface area contributed by atoms with Gasteiger partial charge in [-0.15, -0.1) is 0 Å². The summed E-state index contributed by atoms with van der Waals surface area (Å²) in [5, 5.41) is 10.3. The van der Waals surface area contributed by atoms with Crippen molar-refractivity contribution >= 4 is 45.1 Å². The van der Waals surface area contributed by atoms with Crippen LogP contribution >= 0.6 is 39.1 Å². The minimum atomic E-state index is -0.961. The molecule has 0 saturated carbocycles. The molecule has 0 radical (unpaired) electrons. The first-order chi connectivity index (χ1) is 9.47. The van der Waals surface area contributed by atoms with Crippen LogP contribution in [0.15, 0.2) is 41.0 Å². The van der Waals surface area contributed by atoms with E-state index in [0.717, 1.165) is 5.56 Å². The molecule has 0 fully saturated rings. The highest BCUT2D eigenvalue weighted by atomic mass is 79.9. The van der Waals surface area contributed by atoms with Crippen LogP contribution in [0.4, 0.5) is 0 Å². The van der Waals surface area contributed by atoms with E-state index < -0.39 is 11.9 Å². The number of rotatable bonds is 4. The number of hydrogen-bond acceptors (Lipinski definition) is 2. The van der Waals surface area contributed by atoms with Gasteiger partial charge in [0.2, 0.25) is 0 Å². The Hall–Kier alpha value is -1.10. The number of aliphatic carboxylic acids is 1. The third-order valence-corrected chi connectivity index (χ3v) is 3.81. The van der Waals surface area contributed by atoms with Gasteiger partial charge in [0, 0.05) is 15.7 Å². The van der Waals surface area contributed by atoms with Crippen LogP contribution in [0.1, 0.15) is 17.2 Å². The lowest BCUT2D eigenvalue weighted by atomic mass is 9.96. The Kier molecular flexibility index (Phi) is 5.02. The van der Waals surface area contributed by atoms with Crippen LogP contribution < -0.4 is 0 Å². The summed E-state index contributed by atoms with van der Waals surface area (Å²) in [6.07, 6.45) is 1.85. The lowest BCUT2D eigenvalue weighted by molar-refractivity contribution is -0.138. The highest BCUT2D eigenvalue weighted by Crippen LogP contribution is 2.28. The van der Waals surface area contributed by atoms with Gasteiger partial charge < -0.3 is 5.11 Å². The second kappa shape index (κ2) is 6.57. The van der Waals surface area contributed by atoms with Crippen LogP contribution in [0.3, 0.4) is 0 Å². The van der Waals surface area contributed by atoms with Crippen molar-refractivity contribution in [1.82, 2.24) is 4.98 Å². The first-order valence-corrected chi connectivity index (χ1v) is 7.30. The molecular formula is C14H10BrCl2NO2. The summed E-state index contributed by atoms with van der Waals surface area (Å²) < 4.78 is 0.710. The highest BCUT2D eigenvalue weighted by Gasteiger charge is 2.24. The normalized spacial score (nSPS) is 12.2. The zero-order valence-corrected chi connectivity index (χ0v) is 13.3. The molecule has 2 rings (SSSR count). The topological polar surface area (TPSA) is 50.2 Å². The molecule has 0 bridgehead atoms. The van der Waals surface area contributed by atoms with Gasteiger partial charge in [0.15, 0.2) is 0 Å². The van der Waals surface area contributed by atoms with Gasteiger partial charge in [-0.2, -0.15) is 0 Å². The summed E-state index contributed by atoms with van der Waals surface area (Å²) in [5.41, 5.74) is 1.22. The standard InChI is InChI=1S/C14H10BrCl2NO2/c15-9-6-12(17)13(18-7-9)11(14(19)20)5-8-1-3-10(16)4-2-8/h1-4,6-7,11H,5H2,(H,19,20). The number of aromatic nitrogens is 1. The summed E-state index contributed by atoms with van der Waals surface area (Å²) in [6, 6.07) is 8.69. The number of benzene rings is 1. The first kappa shape index (κ1) is 15.3. The van der Waals surface area contributed by atoms with E-state index in [0.29, 0.717) is 26.6 Å². The maximum Gasteiger partial charge on any atom is 0.312 e. The molecule has 1 atom stereocenters. The average molecular weight is 375 g/mol. The monoisotopic (exact) mass is 373 g/mol.